The number of aliphatic hydroxyl groups is 1. The highest BCUT2D eigenvalue weighted by molar-refractivity contribution is 7.89. The van der Waals surface area contributed by atoms with Crippen LogP contribution in [0, 0.1) is 0 Å². The second-order valence-corrected chi connectivity index (χ2v) is 13.4. The lowest BCUT2D eigenvalue weighted by molar-refractivity contribution is -0.0312. The SMILES string of the molecule is CNS(=O)(=O)c1cccc(OCC(O)CNC2COC3(CCN(S(=O)(=O)c4ccsc4)CC3)C2)c1. The number of rotatable bonds is 10. The number of aliphatic hydroxyl groups excluding tert-OH is 1. The van der Waals surface area contributed by atoms with Crippen LogP contribution < -0.4 is 14.8 Å². The molecule has 4 rings (SSSR count). The van der Waals surface area contributed by atoms with Crippen molar-refractivity contribution < 1.29 is 31.4 Å². The van der Waals surface area contributed by atoms with E-state index in [0.717, 1.165) is 6.42 Å². The van der Waals surface area contributed by atoms with Gasteiger partial charge in [-0.3, -0.25) is 0 Å². The number of sulfonamides is 2. The van der Waals surface area contributed by atoms with Crippen LogP contribution in [0.4, 0.5) is 0 Å². The van der Waals surface area contributed by atoms with E-state index in [-0.39, 0.29) is 29.7 Å². The summed E-state index contributed by atoms with van der Waals surface area (Å²) >= 11 is 1.37. The van der Waals surface area contributed by atoms with Crippen LogP contribution in [0.2, 0.25) is 0 Å². The van der Waals surface area contributed by atoms with Gasteiger partial charge in [-0.1, -0.05) is 6.07 Å². The highest BCUT2D eigenvalue weighted by Crippen LogP contribution is 2.37. The fourth-order valence-corrected chi connectivity index (χ4v) is 7.63. The zero-order valence-corrected chi connectivity index (χ0v) is 21.9. The molecule has 0 aliphatic carbocycles. The molecule has 194 valence electrons. The van der Waals surface area contributed by atoms with Gasteiger partial charge in [0.15, 0.2) is 0 Å². The van der Waals surface area contributed by atoms with Gasteiger partial charge < -0.3 is 19.9 Å². The number of thiophene rings is 1. The molecular weight excluding hydrogens is 514 g/mol. The predicted molar refractivity (Wildman–Crippen MR) is 132 cm³/mol. The van der Waals surface area contributed by atoms with Gasteiger partial charge >= 0.3 is 0 Å². The molecule has 0 saturated carbocycles. The second kappa shape index (κ2) is 10.8. The summed E-state index contributed by atoms with van der Waals surface area (Å²) < 4.78 is 64.8. The third kappa shape index (κ3) is 6.23. The average Bonchev–Trinajstić information content (AvgIpc) is 3.53. The Bertz CT molecular complexity index is 1190. The Morgan fingerprint density at radius 3 is 2.69 bits per heavy atom. The number of benzene rings is 1. The molecule has 2 aromatic rings. The molecule has 2 aliphatic rings. The zero-order chi connectivity index (χ0) is 25.1. The van der Waals surface area contributed by atoms with Crippen LogP contribution in [0.25, 0.3) is 0 Å². The highest BCUT2D eigenvalue weighted by atomic mass is 32.2. The molecule has 3 N–H and O–H groups in total. The molecule has 1 aromatic heterocycles. The molecule has 2 saturated heterocycles. The van der Waals surface area contributed by atoms with Gasteiger partial charge in [0, 0.05) is 37.1 Å². The monoisotopic (exact) mass is 545 g/mol. The van der Waals surface area contributed by atoms with Crippen molar-refractivity contribution in [2.24, 2.45) is 0 Å². The molecule has 2 aliphatic heterocycles. The van der Waals surface area contributed by atoms with E-state index in [1.807, 2.05) is 0 Å². The summed E-state index contributed by atoms with van der Waals surface area (Å²) in [6, 6.07) is 7.77. The van der Waals surface area contributed by atoms with Crippen molar-refractivity contribution >= 4 is 31.4 Å². The highest BCUT2D eigenvalue weighted by Gasteiger charge is 2.44. The average molecular weight is 546 g/mol. The van der Waals surface area contributed by atoms with E-state index in [4.69, 9.17) is 9.47 Å². The normalized spacial score (nSPS) is 21.8. The number of piperidine rings is 1. The minimum atomic E-state index is -3.57. The molecule has 10 nitrogen and oxygen atoms in total. The first-order chi connectivity index (χ1) is 16.6. The maximum Gasteiger partial charge on any atom is 0.243 e. The Kier molecular flexibility index (Phi) is 8.18. The van der Waals surface area contributed by atoms with Gasteiger partial charge in [-0.05, 0) is 49.9 Å². The molecule has 1 spiro atoms. The summed E-state index contributed by atoms with van der Waals surface area (Å²) in [6.45, 7) is 1.63. The van der Waals surface area contributed by atoms with E-state index in [1.54, 1.807) is 29.0 Å². The smallest absolute Gasteiger partial charge is 0.243 e. The molecule has 2 unspecified atom stereocenters. The number of hydrogen-bond acceptors (Lipinski definition) is 9. The molecule has 3 heterocycles. The van der Waals surface area contributed by atoms with Gasteiger partial charge in [-0.25, -0.2) is 21.6 Å². The van der Waals surface area contributed by atoms with E-state index in [2.05, 4.69) is 10.0 Å². The Morgan fingerprint density at radius 2 is 2.00 bits per heavy atom. The van der Waals surface area contributed by atoms with Crippen LogP contribution in [0.15, 0.2) is 50.9 Å². The van der Waals surface area contributed by atoms with Crippen LogP contribution in [0.5, 0.6) is 5.75 Å². The third-order valence-electron chi connectivity index (χ3n) is 6.44. The molecule has 0 radical (unpaired) electrons. The van der Waals surface area contributed by atoms with E-state index >= 15 is 0 Å². The lowest BCUT2D eigenvalue weighted by Crippen LogP contribution is -2.47. The first-order valence-corrected chi connectivity index (χ1v) is 15.2. The Hall–Kier alpha value is -1.58. The molecule has 35 heavy (non-hydrogen) atoms. The molecular formula is C22H31N3O7S3. The van der Waals surface area contributed by atoms with Gasteiger partial charge in [0.25, 0.3) is 0 Å². The lowest BCUT2D eigenvalue weighted by Gasteiger charge is -2.37. The molecule has 2 fully saturated rings. The van der Waals surface area contributed by atoms with Crippen molar-refractivity contribution in [2.45, 2.75) is 46.8 Å². The van der Waals surface area contributed by atoms with Crippen molar-refractivity contribution in [3.05, 3.63) is 41.1 Å². The van der Waals surface area contributed by atoms with Crippen molar-refractivity contribution in [3.63, 3.8) is 0 Å². The minimum Gasteiger partial charge on any atom is -0.491 e. The van der Waals surface area contributed by atoms with Crippen molar-refractivity contribution in [1.82, 2.24) is 14.3 Å². The number of nitrogens with zero attached hydrogens (tertiary/aromatic N) is 1. The number of ether oxygens (including phenoxy) is 2. The third-order valence-corrected chi connectivity index (χ3v) is 10.6. The van der Waals surface area contributed by atoms with Gasteiger partial charge in [0.05, 0.1) is 22.0 Å². The van der Waals surface area contributed by atoms with Crippen LogP contribution in [-0.2, 0) is 24.8 Å². The Balaban J connectivity index is 1.21. The summed E-state index contributed by atoms with van der Waals surface area (Å²) in [4.78, 5) is 0.435. The van der Waals surface area contributed by atoms with E-state index in [9.17, 15) is 21.9 Å². The van der Waals surface area contributed by atoms with Crippen LogP contribution >= 0.6 is 11.3 Å². The minimum absolute atomic E-state index is 0.00414. The van der Waals surface area contributed by atoms with E-state index < -0.39 is 26.2 Å². The first-order valence-electron chi connectivity index (χ1n) is 11.4. The zero-order valence-electron chi connectivity index (χ0n) is 19.4. The Labute approximate surface area is 210 Å². The summed E-state index contributed by atoms with van der Waals surface area (Å²) in [7, 11) is -5.69. The number of nitrogens with one attached hydrogen (secondary N) is 2. The van der Waals surface area contributed by atoms with Gasteiger partial charge in [-0.15, -0.1) is 0 Å². The summed E-state index contributed by atoms with van der Waals surface area (Å²) in [5, 5.41) is 17.1. The largest absolute Gasteiger partial charge is 0.491 e. The summed E-state index contributed by atoms with van der Waals surface area (Å²) in [6.07, 6.45) is 1.21. The summed E-state index contributed by atoms with van der Waals surface area (Å²) in [5.41, 5.74) is -0.348. The van der Waals surface area contributed by atoms with Crippen molar-refractivity contribution in [3.8, 4) is 5.75 Å². The van der Waals surface area contributed by atoms with Crippen LogP contribution in [0.3, 0.4) is 0 Å². The van der Waals surface area contributed by atoms with Gasteiger partial charge in [0.2, 0.25) is 20.0 Å². The van der Waals surface area contributed by atoms with Gasteiger partial charge in [0.1, 0.15) is 18.5 Å². The quantitative estimate of drug-likeness (QED) is 0.403. The number of hydrogen-bond donors (Lipinski definition) is 3. The van der Waals surface area contributed by atoms with Gasteiger partial charge in [-0.2, -0.15) is 15.6 Å². The summed E-state index contributed by atoms with van der Waals surface area (Å²) in [5.74, 6) is 0.354. The maximum atomic E-state index is 12.7. The lowest BCUT2D eigenvalue weighted by atomic mass is 9.88. The van der Waals surface area contributed by atoms with Crippen molar-refractivity contribution in [1.29, 1.82) is 0 Å². The molecule has 13 heteroatoms. The van der Waals surface area contributed by atoms with Crippen LogP contribution in [-0.4, -0.2) is 83.9 Å². The maximum absolute atomic E-state index is 12.7. The van der Waals surface area contributed by atoms with E-state index in [0.29, 0.717) is 43.2 Å². The fourth-order valence-electron chi connectivity index (χ4n) is 4.41. The topological polar surface area (TPSA) is 134 Å². The second-order valence-electron chi connectivity index (χ2n) is 8.81. The fraction of sp³-hybridized carbons (Fsp3) is 0.545. The molecule has 2 atom stereocenters. The predicted octanol–water partition coefficient (Wildman–Crippen LogP) is 0.998. The van der Waals surface area contributed by atoms with Crippen LogP contribution in [0.1, 0.15) is 19.3 Å². The molecule has 1 aromatic carbocycles. The Morgan fingerprint density at radius 1 is 1.23 bits per heavy atom. The first kappa shape index (κ1) is 26.5. The van der Waals surface area contributed by atoms with Crippen molar-refractivity contribution in [2.75, 3.05) is 39.9 Å². The standard InChI is InChI=1S/C22H31N3O7S3/c1-23-34(27,28)20-4-2-3-19(11-20)31-15-18(26)13-24-17-12-22(32-14-17)6-8-25(9-7-22)35(29,30)21-5-10-33-16-21/h2-5,10-11,16-18,23-24,26H,6-9,12-15H2,1H3. The molecule has 0 amide bonds. The molecule has 0 bridgehead atoms. The van der Waals surface area contributed by atoms with E-state index in [1.165, 1.54) is 34.8 Å².